The predicted octanol–water partition coefficient (Wildman–Crippen LogP) is 1.01. The van der Waals surface area contributed by atoms with Gasteiger partial charge < -0.3 is 10.4 Å². The topological polar surface area (TPSA) is 50.1 Å². The molecule has 0 aromatic carbocycles. The smallest absolute Gasteiger partial charge is 0.0860 e. The van der Waals surface area contributed by atoms with Gasteiger partial charge in [0.2, 0.25) is 0 Å². The number of rotatable bonds is 6. The molecule has 0 aliphatic rings. The second-order valence-electron chi connectivity index (χ2n) is 3.24. The van der Waals surface area contributed by atoms with Crippen LogP contribution in [0.3, 0.4) is 0 Å². The van der Waals surface area contributed by atoms with Gasteiger partial charge in [-0.05, 0) is 28.9 Å². The van der Waals surface area contributed by atoms with Crippen LogP contribution in [0, 0.1) is 0 Å². The van der Waals surface area contributed by atoms with Gasteiger partial charge in [0.15, 0.2) is 0 Å². The molecular formula is C9H16BrN3O. The Balaban J connectivity index is 2.23. The van der Waals surface area contributed by atoms with Crippen molar-refractivity contribution in [2.45, 2.75) is 26.0 Å². The van der Waals surface area contributed by atoms with Crippen LogP contribution >= 0.6 is 15.9 Å². The summed E-state index contributed by atoms with van der Waals surface area (Å²) in [6.45, 7) is 4.19. The van der Waals surface area contributed by atoms with Crippen LogP contribution < -0.4 is 5.32 Å². The molecule has 4 nitrogen and oxygen atoms in total. The summed E-state index contributed by atoms with van der Waals surface area (Å²) >= 11 is 3.31. The first-order valence-corrected chi connectivity index (χ1v) is 5.58. The lowest BCUT2D eigenvalue weighted by atomic mass is 10.3. The highest BCUT2D eigenvalue weighted by Crippen LogP contribution is 2.06. The maximum atomic E-state index is 9.60. The van der Waals surface area contributed by atoms with Gasteiger partial charge in [-0.3, -0.25) is 4.68 Å². The fourth-order valence-corrected chi connectivity index (χ4v) is 1.49. The summed E-state index contributed by atoms with van der Waals surface area (Å²) < 4.78 is 2.66. The molecular weight excluding hydrogens is 246 g/mol. The molecule has 1 heterocycles. The van der Waals surface area contributed by atoms with Gasteiger partial charge in [-0.25, -0.2) is 0 Å². The number of aliphatic hydroxyl groups is 1. The minimum absolute atomic E-state index is 0.381. The molecule has 14 heavy (non-hydrogen) atoms. The summed E-state index contributed by atoms with van der Waals surface area (Å²) in [5.74, 6) is 0. The number of nitrogens with zero attached hydrogens (tertiary/aromatic N) is 2. The van der Waals surface area contributed by atoms with Gasteiger partial charge in [0.1, 0.15) is 0 Å². The number of aromatic nitrogens is 2. The lowest BCUT2D eigenvalue weighted by Crippen LogP contribution is -2.30. The van der Waals surface area contributed by atoms with E-state index in [0.29, 0.717) is 13.1 Å². The Morgan fingerprint density at radius 2 is 2.50 bits per heavy atom. The van der Waals surface area contributed by atoms with Crippen molar-refractivity contribution in [1.82, 2.24) is 15.1 Å². The summed E-state index contributed by atoms with van der Waals surface area (Å²) in [4.78, 5) is 0. The summed E-state index contributed by atoms with van der Waals surface area (Å²) in [5, 5.41) is 16.8. The fraction of sp³-hybridized carbons (Fsp3) is 0.667. The van der Waals surface area contributed by atoms with E-state index in [1.807, 2.05) is 6.20 Å². The summed E-state index contributed by atoms with van der Waals surface area (Å²) in [6.07, 6.45) is 4.27. The lowest BCUT2D eigenvalue weighted by molar-refractivity contribution is 0.147. The normalized spacial score (nSPS) is 13.1. The minimum Gasteiger partial charge on any atom is -0.390 e. The zero-order valence-corrected chi connectivity index (χ0v) is 9.87. The van der Waals surface area contributed by atoms with Crippen LogP contribution in [0.15, 0.2) is 16.9 Å². The molecule has 0 saturated carbocycles. The lowest BCUT2D eigenvalue weighted by Gasteiger charge is -2.11. The highest BCUT2D eigenvalue weighted by atomic mass is 79.9. The van der Waals surface area contributed by atoms with Crippen LogP contribution in [-0.4, -0.2) is 34.1 Å². The van der Waals surface area contributed by atoms with E-state index in [4.69, 9.17) is 0 Å². The van der Waals surface area contributed by atoms with Crippen LogP contribution in [0.2, 0.25) is 0 Å². The van der Waals surface area contributed by atoms with Gasteiger partial charge in [-0.15, -0.1) is 0 Å². The van der Waals surface area contributed by atoms with E-state index in [2.05, 4.69) is 33.3 Å². The third-order valence-electron chi connectivity index (χ3n) is 1.81. The average Bonchev–Trinajstić information content (AvgIpc) is 2.52. The molecule has 5 heteroatoms. The molecule has 0 spiro atoms. The number of aliphatic hydroxyl groups excluding tert-OH is 1. The largest absolute Gasteiger partial charge is 0.390 e. The van der Waals surface area contributed by atoms with E-state index >= 15 is 0 Å². The number of halogens is 1. The van der Waals surface area contributed by atoms with Gasteiger partial charge in [-0.1, -0.05) is 6.92 Å². The first-order valence-electron chi connectivity index (χ1n) is 4.79. The van der Waals surface area contributed by atoms with E-state index in [1.54, 1.807) is 10.9 Å². The standard InChI is InChI=1S/C9H16BrN3O/c1-2-3-11-5-9(14)7-13-6-8(10)4-12-13/h4,6,9,11,14H,2-3,5,7H2,1H3. The van der Waals surface area contributed by atoms with Crippen molar-refractivity contribution in [1.29, 1.82) is 0 Å². The molecule has 80 valence electrons. The Hall–Kier alpha value is -0.390. The Bertz CT molecular complexity index is 264. The van der Waals surface area contributed by atoms with Gasteiger partial charge in [0.05, 0.1) is 23.3 Å². The van der Waals surface area contributed by atoms with Crippen molar-refractivity contribution in [2.75, 3.05) is 13.1 Å². The van der Waals surface area contributed by atoms with Crippen LogP contribution in [0.4, 0.5) is 0 Å². The van der Waals surface area contributed by atoms with Crippen LogP contribution in [0.25, 0.3) is 0 Å². The van der Waals surface area contributed by atoms with Crippen molar-refractivity contribution in [2.24, 2.45) is 0 Å². The van der Waals surface area contributed by atoms with Crippen molar-refractivity contribution in [3.63, 3.8) is 0 Å². The minimum atomic E-state index is -0.381. The van der Waals surface area contributed by atoms with Crippen LogP contribution in [0.1, 0.15) is 13.3 Å². The van der Waals surface area contributed by atoms with Gasteiger partial charge >= 0.3 is 0 Å². The highest BCUT2D eigenvalue weighted by Gasteiger charge is 2.04. The second-order valence-corrected chi connectivity index (χ2v) is 4.15. The van der Waals surface area contributed by atoms with Crippen molar-refractivity contribution >= 4 is 15.9 Å². The van der Waals surface area contributed by atoms with Crippen molar-refractivity contribution < 1.29 is 5.11 Å². The van der Waals surface area contributed by atoms with E-state index in [1.165, 1.54) is 0 Å². The molecule has 0 fully saturated rings. The third kappa shape index (κ3) is 4.21. The molecule has 0 amide bonds. The van der Waals surface area contributed by atoms with Gasteiger partial charge in [0, 0.05) is 12.7 Å². The molecule has 1 rings (SSSR count). The zero-order chi connectivity index (χ0) is 10.4. The Morgan fingerprint density at radius 1 is 1.71 bits per heavy atom. The molecule has 0 aliphatic heterocycles. The molecule has 1 unspecified atom stereocenters. The number of hydrogen-bond donors (Lipinski definition) is 2. The molecule has 0 aliphatic carbocycles. The second kappa shape index (κ2) is 6.16. The van der Waals surface area contributed by atoms with Gasteiger partial charge in [0.25, 0.3) is 0 Å². The molecule has 1 atom stereocenters. The Kier molecular flexibility index (Phi) is 5.14. The Labute approximate surface area is 92.4 Å². The summed E-state index contributed by atoms with van der Waals surface area (Å²) in [7, 11) is 0. The molecule has 0 bridgehead atoms. The van der Waals surface area contributed by atoms with Gasteiger partial charge in [-0.2, -0.15) is 5.10 Å². The van der Waals surface area contributed by atoms with E-state index < -0.39 is 0 Å². The number of hydrogen-bond acceptors (Lipinski definition) is 3. The molecule has 1 aromatic heterocycles. The first-order chi connectivity index (χ1) is 6.72. The van der Waals surface area contributed by atoms with E-state index in [-0.39, 0.29) is 6.10 Å². The maximum absolute atomic E-state index is 9.60. The summed E-state index contributed by atoms with van der Waals surface area (Å²) in [5.41, 5.74) is 0. The SMILES string of the molecule is CCCNCC(O)Cn1cc(Br)cn1. The molecule has 1 aromatic rings. The molecule has 0 saturated heterocycles. The highest BCUT2D eigenvalue weighted by molar-refractivity contribution is 9.10. The quantitative estimate of drug-likeness (QED) is 0.752. The van der Waals surface area contributed by atoms with Crippen molar-refractivity contribution in [3.8, 4) is 0 Å². The van der Waals surface area contributed by atoms with E-state index in [9.17, 15) is 5.11 Å². The molecule has 0 radical (unpaired) electrons. The summed E-state index contributed by atoms with van der Waals surface area (Å²) in [6, 6.07) is 0. The average molecular weight is 262 g/mol. The third-order valence-corrected chi connectivity index (χ3v) is 2.22. The zero-order valence-electron chi connectivity index (χ0n) is 8.28. The Morgan fingerprint density at radius 3 is 3.07 bits per heavy atom. The van der Waals surface area contributed by atoms with E-state index in [0.717, 1.165) is 17.4 Å². The van der Waals surface area contributed by atoms with Crippen molar-refractivity contribution in [3.05, 3.63) is 16.9 Å². The van der Waals surface area contributed by atoms with Crippen LogP contribution in [-0.2, 0) is 6.54 Å². The number of nitrogens with one attached hydrogen (secondary N) is 1. The first kappa shape index (κ1) is 11.7. The molecule has 2 N–H and O–H groups in total. The van der Waals surface area contributed by atoms with Crippen LogP contribution in [0.5, 0.6) is 0 Å². The monoisotopic (exact) mass is 261 g/mol. The fourth-order valence-electron chi connectivity index (χ4n) is 1.16. The predicted molar refractivity (Wildman–Crippen MR) is 59.1 cm³/mol. The maximum Gasteiger partial charge on any atom is 0.0860 e.